The first-order chi connectivity index (χ1) is 72.1. The molecular formula is C111H112N24O14. The Labute approximate surface area is 854 Å². The van der Waals surface area contributed by atoms with Gasteiger partial charge in [0.25, 0.3) is 17.7 Å². The molecule has 12 heterocycles. The van der Waals surface area contributed by atoms with Gasteiger partial charge in [0.05, 0.1) is 59.9 Å². The Morgan fingerprint density at radius 1 is 0.403 bits per heavy atom. The summed E-state index contributed by atoms with van der Waals surface area (Å²) in [5.74, 6) is 6.36. The van der Waals surface area contributed by atoms with Crippen LogP contribution in [0, 0.1) is 26.2 Å². The molecule has 23 rings (SSSR count). The molecule has 3 aliphatic carbocycles. The van der Waals surface area contributed by atoms with Crippen LogP contribution in [-0.2, 0) is 11.3 Å². The second-order valence-corrected chi connectivity index (χ2v) is 38.0. The topological polar surface area (TPSA) is 489 Å². The number of H-pyrrole nitrogens is 4. The lowest BCUT2D eigenvalue weighted by atomic mass is 10.0. The number of nitrogens with zero attached hydrogens (tertiary/aromatic N) is 12. The van der Waals surface area contributed by atoms with Gasteiger partial charge in [-0.05, 0) is 241 Å². The fourth-order valence-corrected chi connectivity index (χ4v) is 19.0. The maximum atomic E-state index is 12.3. The summed E-state index contributed by atoms with van der Waals surface area (Å²) < 4.78 is 59.5. The van der Waals surface area contributed by atoms with Gasteiger partial charge in [-0.3, -0.25) is 19.2 Å². The summed E-state index contributed by atoms with van der Waals surface area (Å²) in [5.41, 5.74) is 21.7. The molecule has 0 spiro atoms. The molecule has 19 aromatic rings. The molecule has 0 bridgehead atoms. The van der Waals surface area contributed by atoms with Crippen LogP contribution in [0.3, 0.4) is 0 Å². The fraction of sp³-hybridized carbons (Fsp3) is 0.279. The third kappa shape index (κ3) is 21.5. The van der Waals surface area contributed by atoms with Crippen molar-refractivity contribution in [3.63, 3.8) is 0 Å². The standard InChI is InChI=1S/C28H28N6O4.C28H26N6O3.C28H30N6O3.C27H28N6O4/c1-15(35)30-18-9-11-21(23(13-18)36-3)32-28-33-26-25(27(34-28)38-19-6-4-5-7-19)20(14-29-26)17-8-10-22-24(12-17)37-16(2)31-22;1-15-30-22-10-7-16(12-23(22)36-15)21-13-29-25-24(21)26(37-19-5-3-4-6-19)33-28(32-25)31-18-8-9-20-17(11-18)14-34(2)27(20)35;1-16(29)17-8-10-18(11-9-17)21-15-31-25-24(21)27(37-20-6-4-5-7-20)34-28(33-25)32-22-13-12-19(26(35)30-2)14-23(22)36-3;1-14-30-19-9-7-15(11-21(19)36-14)17-13-29-23-22(17)25(37-27(2,3)4)33-26(32-23)31-18-10-8-16(24(34)28-5)12-20(18)35-6/h8-14,19H,4-7H2,1-3H3,(H,30,35)(H2,29,32,33,34);7-13,19H,3-6,14H2,1-2H3,(H2,29,31,32,33);8-15,20,29H,4-7H2,1-3H3,(H,30,35)(H2,31,32,33,34);7-13H,1-6H3,(H,28,34)(H2,29,31,32,33). The Kier molecular flexibility index (Phi) is 27.7. The second kappa shape index (κ2) is 42.0. The first kappa shape index (κ1) is 98.4. The molecule has 38 nitrogen and oxygen atoms in total. The molecule has 11 aromatic heterocycles. The highest BCUT2D eigenvalue weighted by atomic mass is 16.5. The molecule has 0 atom stereocenters. The second-order valence-electron chi connectivity index (χ2n) is 38.0. The van der Waals surface area contributed by atoms with Crippen LogP contribution >= 0.6 is 0 Å². The van der Waals surface area contributed by atoms with Gasteiger partial charge in [-0.15, -0.1) is 0 Å². The molecule has 4 aliphatic rings. The van der Waals surface area contributed by atoms with Gasteiger partial charge in [0, 0.05) is 142 Å². The van der Waals surface area contributed by atoms with E-state index in [0.717, 1.165) is 193 Å². The van der Waals surface area contributed by atoms with E-state index in [-0.39, 0.29) is 41.9 Å². The predicted molar refractivity (Wildman–Crippen MR) is 571 cm³/mol. The number of hydrogen-bond acceptors (Lipinski definition) is 30. The maximum absolute atomic E-state index is 12.3. The lowest BCUT2D eigenvalue weighted by Crippen LogP contribution is -2.24. The minimum atomic E-state index is -0.508. The van der Waals surface area contributed by atoms with Crippen molar-refractivity contribution in [2.75, 3.05) is 69.1 Å². The van der Waals surface area contributed by atoms with E-state index in [1.807, 2.05) is 177 Å². The molecular weight excluding hydrogens is 1890 g/mol. The molecule has 4 amide bonds. The van der Waals surface area contributed by atoms with Crippen LogP contribution in [0.4, 0.5) is 52.2 Å². The number of fused-ring (bicyclic) bond motifs is 8. The molecule has 3 saturated carbocycles. The highest BCUT2D eigenvalue weighted by Gasteiger charge is 2.32. The third-order valence-corrected chi connectivity index (χ3v) is 26.2. The summed E-state index contributed by atoms with van der Waals surface area (Å²) in [7, 11) is 9.63. The number of hydrogen-bond donors (Lipinski definition) is 12. The van der Waals surface area contributed by atoms with Crippen molar-refractivity contribution in [3.8, 4) is 85.3 Å². The van der Waals surface area contributed by atoms with Crippen LogP contribution < -0.4 is 70.4 Å². The van der Waals surface area contributed by atoms with Gasteiger partial charge < -0.3 is 114 Å². The number of benzene rings is 8. The van der Waals surface area contributed by atoms with E-state index >= 15 is 0 Å². The zero-order valence-corrected chi connectivity index (χ0v) is 84.7. The van der Waals surface area contributed by atoms with Crippen molar-refractivity contribution in [1.29, 1.82) is 5.41 Å². The van der Waals surface area contributed by atoms with Crippen LogP contribution in [0.15, 0.2) is 190 Å². The number of carbonyl (C=O) groups excluding carboxylic acids is 4. The summed E-state index contributed by atoms with van der Waals surface area (Å²) >= 11 is 0. The highest BCUT2D eigenvalue weighted by Crippen LogP contribution is 2.46. The molecule has 0 unspecified atom stereocenters. The molecule has 149 heavy (non-hydrogen) atoms. The van der Waals surface area contributed by atoms with E-state index in [1.165, 1.54) is 14.0 Å². The number of carbonyl (C=O) groups is 4. The number of ether oxygens (including phenoxy) is 7. The Balaban J connectivity index is 0.000000120. The lowest BCUT2D eigenvalue weighted by molar-refractivity contribution is -0.114. The Morgan fingerprint density at radius 2 is 0.752 bits per heavy atom. The number of oxazole rings is 3. The molecule has 0 saturated heterocycles. The van der Waals surface area contributed by atoms with Crippen LogP contribution in [-0.4, -0.2) is 175 Å². The van der Waals surface area contributed by atoms with Crippen LogP contribution in [0.25, 0.3) is 122 Å². The molecule has 0 radical (unpaired) electrons. The van der Waals surface area contributed by atoms with E-state index < -0.39 is 5.60 Å². The zero-order chi connectivity index (χ0) is 104. The smallest absolute Gasteiger partial charge is 0.254 e. The third-order valence-electron chi connectivity index (χ3n) is 26.2. The minimum absolute atomic E-state index is 0.0454. The predicted octanol–water partition coefficient (Wildman–Crippen LogP) is 22.6. The number of rotatable bonds is 26. The molecule has 12 N–H and O–H groups in total. The Bertz CT molecular complexity index is 8340. The number of aryl methyl sites for hydroxylation is 3. The van der Waals surface area contributed by atoms with E-state index in [9.17, 15) is 19.2 Å². The summed E-state index contributed by atoms with van der Waals surface area (Å²) in [4.78, 5) is 114. The Morgan fingerprint density at radius 3 is 1.13 bits per heavy atom. The number of nitrogens with one attached hydrogen (secondary N) is 12. The zero-order valence-electron chi connectivity index (χ0n) is 84.7. The average molecular weight is 2010 g/mol. The molecule has 3 fully saturated rings. The van der Waals surface area contributed by atoms with Crippen molar-refractivity contribution in [2.24, 2.45) is 0 Å². The van der Waals surface area contributed by atoms with Crippen molar-refractivity contribution >= 4 is 159 Å². The van der Waals surface area contributed by atoms with Gasteiger partial charge in [-0.1, -0.05) is 42.5 Å². The SMILES string of the molecule is CNC(=O)c1ccc(Nc2nc(OC(C)(C)C)c3c(-c4ccc5nc(C)oc5c4)c[nH]c3n2)c(OC)c1.CNC(=O)c1ccc(Nc2nc(OC3CCCC3)c3c(-c4ccc(C(C)=N)cc4)c[nH]c3n2)c(OC)c1.COc1cc(NC(C)=O)ccc1Nc1nc(OC2CCCC2)c2c(-c3ccc4nc(C)oc4c3)c[nH]c2n1.Cc1nc2ccc(-c3c[nH]c4nc(Nc5ccc6c(c5)CN(C)C6=O)nc(OC5CCCC5)c34)cc2o1. The number of aromatic nitrogens is 15. The number of amides is 4. The lowest BCUT2D eigenvalue weighted by Gasteiger charge is -2.21. The van der Waals surface area contributed by atoms with Crippen molar-refractivity contribution in [3.05, 3.63) is 222 Å². The molecule has 760 valence electrons. The summed E-state index contributed by atoms with van der Waals surface area (Å²) in [6.07, 6.45) is 20.9. The van der Waals surface area contributed by atoms with E-state index in [2.05, 4.69) is 72.1 Å². The van der Waals surface area contributed by atoms with Gasteiger partial charge in [0.1, 0.15) is 80.3 Å². The van der Waals surface area contributed by atoms with Gasteiger partial charge in [-0.25, -0.2) is 15.0 Å². The molecule has 1 aliphatic heterocycles. The minimum Gasteiger partial charge on any atom is -0.495 e. The summed E-state index contributed by atoms with van der Waals surface area (Å²) in [5, 5.41) is 32.1. The number of anilines is 9. The summed E-state index contributed by atoms with van der Waals surface area (Å²) in [6.45, 7) is 15.2. The van der Waals surface area contributed by atoms with Crippen LogP contribution in [0.5, 0.6) is 40.8 Å². The molecule has 8 aromatic carbocycles. The Hall–Kier alpha value is -18.0. The van der Waals surface area contributed by atoms with Crippen molar-refractivity contribution in [1.82, 2.24) is 90.3 Å². The number of methoxy groups -OCH3 is 3. The summed E-state index contributed by atoms with van der Waals surface area (Å²) in [6, 6.07) is 47.0. The molecule has 38 heteroatoms. The first-order valence-corrected chi connectivity index (χ1v) is 49.4. The normalized spacial score (nSPS) is 13.7. The van der Waals surface area contributed by atoms with Crippen LogP contribution in [0.2, 0.25) is 0 Å². The van der Waals surface area contributed by atoms with Gasteiger partial charge in [-0.2, -0.15) is 39.9 Å². The maximum Gasteiger partial charge on any atom is 0.254 e. The van der Waals surface area contributed by atoms with E-state index in [1.54, 1.807) is 88.7 Å². The largest absolute Gasteiger partial charge is 0.495 e. The van der Waals surface area contributed by atoms with Gasteiger partial charge >= 0.3 is 0 Å². The van der Waals surface area contributed by atoms with Crippen LogP contribution in [0.1, 0.15) is 172 Å². The van der Waals surface area contributed by atoms with Crippen molar-refractivity contribution < 1.29 is 65.6 Å². The highest BCUT2D eigenvalue weighted by molar-refractivity contribution is 6.05. The average Bonchev–Trinajstić information content (AvgIpc) is 1.63. The first-order valence-electron chi connectivity index (χ1n) is 49.4. The van der Waals surface area contributed by atoms with E-state index in [4.69, 9.17) is 91.7 Å². The monoisotopic (exact) mass is 2000 g/mol. The quantitative estimate of drug-likeness (QED) is 0.0224. The van der Waals surface area contributed by atoms with Gasteiger partial charge in [0.2, 0.25) is 53.2 Å². The number of aromatic amines is 4. The van der Waals surface area contributed by atoms with Crippen molar-refractivity contribution in [2.45, 2.75) is 163 Å². The van der Waals surface area contributed by atoms with E-state index in [0.29, 0.717) is 157 Å². The van der Waals surface area contributed by atoms with Gasteiger partial charge in [0.15, 0.2) is 34.4 Å². The fourth-order valence-electron chi connectivity index (χ4n) is 19.0.